The number of nitrogens with one attached hydrogen (secondary N) is 2. The van der Waals surface area contributed by atoms with Crippen molar-refractivity contribution in [2.45, 2.75) is 38.1 Å². The number of aliphatic hydroxyl groups is 1. The van der Waals surface area contributed by atoms with Crippen LogP contribution < -0.4 is 16.1 Å². The Morgan fingerprint density at radius 3 is 2.39 bits per heavy atom. The normalized spacial score (nSPS) is 15.6. The second-order valence-electron chi connectivity index (χ2n) is 8.59. The molecule has 1 fully saturated rings. The van der Waals surface area contributed by atoms with Crippen LogP contribution in [0.2, 0.25) is 0 Å². The zero-order valence-corrected chi connectivity index (χ0v) is 18.7. The van der Waals surface area contributed by atoms with E-state index in [1.54, 1.807) is 0 Å². The Morgan fingerprint density at radius 2 is 1.83 bits per heavy atom. The van der Waals surface area contributed by atoms with Crippen LogP contribution in [0.3, 0.4) is 0 Å². The maximum absolute atomic E-state index is 14.7. The predicted molar refractivity (Wildman–Crippen MR) is 117 cm³/mol. The number of amides is 1. The largest absolute Gasteiger partial charge is 0.408 e. The third kappa shape index (κ3) is 5.15. The third-order valence-electron chi connectivity index (χ3n) is 5.63. The lowest BCUT2D eigenvalue weighted by molar-refractivity contribution is -0.158. The van der Waals surface area contributed by atoms with Gasteiger partial charge in [-0.15, -0.1) is 0 Å². The summed E-state index contributed by atoms with van der Waals surface area (Å²) in [6.07, 6.45) is -4.41. The Bertz CT molecular complexity index is 1360. The van der Waals surface area contributed by atoms with Crippen molar-refractivity contribution in [2.24, 2.45) is 5.92 Å². The van der Waals surface area contributed by atoms with Crippen molar-refractivity contribution in [3.63, 3.8) is 0 Å². The second-order valence-corrected chi connectivity index (χ2v) is 8.59. The van der Waals surface area contributed by atoms with Crippen LogP contribution in [0, 0.1) is 23.4 Å². The van der Waals surface area contributed by atoms with Gasteiger partial charge in [0.25, 0.3) is 5.91 Å². The molecule has 2 atom stereocenters. The van der Waals surface area contributed by atoms with Crippen LogP contribution in [0.5, 0.6) is 0 Å². The number of hydrogen-bond donors (Lipinski definition) is 3. The molecule has 192 valence electrons. The molecular weight excluding hydrogens is 494 g/mol. The number of fused-ring (bicyclic) bond motifs is 1. The van der Waals surface area contributed by atoms with Crippen molar-refractivity contribution in [1.82, 2.24) is 14.9 Å². The lowest BCUT2D eigenvalue weighted by Crippen LogP contribution is -2.48. The number of benzene rings is 1. The highest BCUT2D eigenvalue weighted by molar-refractivity contribution is 5.97. The molecule has 3 aromatic rings. The van der Waals surface area contributed by atoms with Gasteiger partial charge < -0.3 is 15.7 Å². The molecular formula is C23H20F6N4O3. The summed E-state index contributed by atoms with van der Waals surface area (Å²) in [7, 11) is 0. The van der Waals surface area contributed by atoms with E-state index in [1.165, 1.54) is 19.1 Å². The minimum absolute atomic E-state index is 0.0303. The fraction of sp³-hybridized carbons (Fsp3) is 0.348. The second kappa shape index (κ2) is 9.45. The number of hydrogen-bond acceptors (Lipinski definition) is 5. The van der Waals surface area contributed by atoms with E-state index >= 15 is 0 Å². The average Bonchev–Trinajstić information content (AvgIpc) is 3.61. The molecule has 3 N–H and O–H groups in total. The number of pyridine rings is 2. The fourth-order valence-electron chi connectivity index (χ4n) is 3.77. The molecule has 1 saturated carbocycles. The van der Waals surface area contributed by atoms with Crippen LogP contribution in [-0.2, 0) is 0 Å². The van der Waals surface area contributed by atoms with E-state index in [9.17, 15) is 41.0 Å². The average molecular weight is 514 g/mol. The number of anilines is 1. The maximum Gasteiger partial charge on any atom is 0.408 e. The number of nitrogens with zero attached hydrogens (tertiary/aromatic N) is 2. The molecule has 7 nitrogen and oxygen atoms in total. The Balaban J connectivity index is 1.90. The first-order valence-corrected chi connectivity index (χ1v) is 10.9. The van der Waals surface area contributed by atoms with Gasteiger partial charge in [-0.3, -0.25) is 14.2 Å². The zero-order valence-electron chi connectivity index (χ0n) is 18.7. The predicted octanol–water partition coefficient (Wildman–Crippen LogP) is 3.67. The summed E-state index contributed by atoms with van der Waals surface area (Å²) in [6, 6.07) is 0.995. The fourth-order valence-corrected chi connectivity index (χ4v) is 3.77. The summed E-state index contributed by atoms with van der Waals surface area (Å²) >= 11 is 0. The Morgan fingerprint density at radius 1 is 1.19 bits per heavy atom. The summed E-state index contributed by atoms with van der Waals surface area (Å²) in [5.41, 5.74) is -3.09. The minimum atomic E-state index is -4.77. The standard InChI is InChI=1S/C23H20F6N4O3/c1-10(34)8-30-17-5-4-13-19(35)14(22(36)32-20(11-2-3-11)23(27,28)29)9-33(21(13)31-17)18-15(25)6-12(24)7-16(18)26/h4-7,9-11,20,34H,2-3,8H2,1H3,(H,30,31)(H,32,36)/t10-,20?/m0/s1. The summed E-state index contributed by atoms with van der Waals surface area (Å²) in [6.45, 7) is 1.51. The van der Waals surface area contributed by atoms with Crippen molar-refractivity contribution in [3.8, 4) is 5.69 Å². The zero-order chi connectivity index (χ0) is 26.4. The molecule has 1 aliphatic rings. The first-order chi connectivity index (χ1) is 16.9. The molecule has 1 aliphatic carbocycles. The third-order valence-corrected chi connectivity index (χ3v) is 5.63. The van der Waals surface area contributed by atoms with Crippen LogP contribution in [-0.4, -0.2) is 45.4 Å². The van der Waals surface area contributed by atoms with E-state index < -0.39 is 64.3 Å². The van der Waals surface area contributed by atoms with Gasteiger partial charge in [0, 0.05) is 24.9 Å². The lowest BCUT2D eigenvalue weighted by atomic mass is 10.1. The number of aromatic nitrogens is 2. The van der Waals surface area contributed by atoms with Crippen LogP contribution in [0.1, 0.15) is 30.1 Å². The number of carbonyl (C=O) groups is 1. The first-order valence-electron chi connectivity index (χ1n) is 10.9. The van der Waals surface area contributed by atoms with Crippen molar-refractivity contribution in [1.29, 1.82) is 0 Å². The van der Waals surface area contributed by atoms with Gasteiger partial charge in [0.1, 0.15) is 28.9 Å². The summed E-state index contributed by atoms with van der Waals surface area (Å²) < 4.78 is 83.9. The molecule has 1 unspecified atom stereocenters. The quantitative estimate of drug-likeness (QED) is 0.419. The van der Waals surface area contributed by atoms with Crippen LogP contribution in [0.25, 0.3) is 16.7 Å². The molecule has 0 aliphatic heterocycles. The van der Waals surface area contributed by atoms with E-state index in [0.29, 0.717) is 22.9 Å². The highest BCUT2D eigenvalue weighted by atomic mass is 19.4. The van der Waals surface area contributed by atoms with Crippen LogP contribution in [0.4, 0.5) is 32.2 Å². The Hall–Kier alpha value is -3.61. The number of carbonyl (C=O) groups excluding carboxylic acids is 1. The summed E-state index contributed by atoms with van der Waals surface area (Å²) in [5.74, 6) is -6.18. The highest BCUT2D eigenvalue weighted by Gasteiger charge is 2.49. The molecule has 13 heteroatoms. The molecule has 0 saturated heterocycles. The maximum atomic E-state index is 14.7. The van der Waals surface area contributed by atoms with Gasteiger partial charge in [0.05, 0.1) is 11.5 Å². The molecule has 2 heterocycles. The molecule has 36 heavy (non-hydrogen) atoms. The van der Waals surface area contributed by atoms with Gasteiger partial charge in [-0.2, -0.15) is 13.2 Å². The highest BCUT2D eigenvalue weighted by Crippen LogP contribution is 2.40. The van der Waals surface area contributed by atoms with Gasteiger partial charge in [0.2, 0.25) is 5.43 Å². The van der Waals surface area contributed by atoms with Crippen LogP contribution >= 0.6 is 0 Å². The number of alkyl halides is 3. The summed E-state index contributed by atoms with van der Waals surface area (Å²) in [5, 5.41) is 13.7. The number of halogens is 6. The monoisotopic (exact) mass is 514 g/mol. The van der Waals surface area contributed by atoms with E-state index in [-0.39, 0.29) is 36.2 Å². The van der Waals surface area contributed by atoms with Crippen molar-refractivity contribution >= 4 is 22.8 Å². The van der Waals surface area contributed by atoms with Crippen molar-refractivity contribution in [2.75, 3.05) is 11.9 Å². The van der Waals surface area contributed by atoms with Gasteiger partial charge >= 0.3 is 6.18 Å². The van der Waals surface area contributed by atoms with Gasteiger partial charge in [-0.1, -0.05) is 0 Å². The Kier molecular flexibility index (Phi) is 6.69. The van der Waals surface area contributed by atoms with Gasteiger partial charge in [-0.25, -0.2) is 18.2 Å². The first kappa shape index (κ1) is 25.5. The number of aliphatic hydroxyl groups excluding tert-OH is 1. The topological polar surface area (TPSA) is 96.3 Å². The molecule has 2 aromatic heterocycles. The summed E-state index contributed by atoms with van der Waals surface area (Å²) in [4.78, 5) is 30.0. The molecule has 1 amide bonds. The molecule has 0 spiro atoms. The SMILES string of the molecule is C[C@H](O)CNc1ccc2c(=O)c(C(=O)NC(C3CC3)C(F)(F)F)cn(-c3c(F)cc(F)cc3F)c2n1. The number of rotatable bonds is 7. The van der Waals surface area contributed by atoms with E-state index in [1.807, 2.05) is 5.32 Å². The molecule has 4 rings (SSSR count). The van der Waals surface area contributed by atoms with Gasteiger partial charge in [-0.05, 0) is 37.8 Å². The van der Waals surface area contributed by atoms with Crippen molar-refractivity contribution in [3.05, 3.63) is 63.7 Å². The van der Waals surface area contributed by atoms with Crippen LogP contribution in [0.15, 0.2) is 35.3 Å². The van der Waals surface area contributed by atoms with E-state index in [2.05, 4.69) is 10.3 Å². The molecule has 0 radical (unpaired) electrons. The minimum Gasteiger partial charge on any atom is -0.392 e. The van der Waals surface area contributed by atoms with E-state index in [0.717, 1.165) is 0 Å². The van der Waals surface area contributed by atoms with E-state index in [4.69, 9.17) is 0 Å². The lowest BCUT2D eigenvalue weighted by Gasteiger charge is -2.22. The van der Waals surface area contributed by atoms with Gasteiger partial charge in [0.15, 0.2) is 17.3 Å². The smallest absolute Gasteiger partial charge is 0.392 e. The molecule has 0 bridgehead atoms. The Labute approximate surface area is 199 Å². The molecule has 1 aromatic carbocycles. The van der Waals surface area contributed by atoms with Crippen molar-refractivity contribution < 1.29 is 36.2 Å².